The fraction of sp³-hybridized carbons (Fsp3) is 0.231. The molecule has 0 aliphatic heterocycles. The summed E-state index contributed by atoms with van der Waals surface area (Å²) < 4.78 is 2.58. The third kappa shape index (κ3) is 3.14. The largest absolute Gasteiger partial charge is 0.399 e. The van der Waals surface area contributed by atoms with Gasteiger partial charge in [0.2, 0.25) is 5.91 Å². The number of nitrogens with zero attached hydrogens (tertiary/aromatic N) is 2. The molecule has 0 aliphatic rings. The molecule has 3 N–H and O–H groups in total. The lowest BCUT2D eigenvalue weighted by molar-refractivity contribution is -0.116. The quantitative estimate of drug-likeness (QED) is 0.853. The Labute approximate surface area is 120 Å². The number of hydrogen-bond acceptors (Lipinski definition) is 3. The predicted molar refractivity (Wildman–Crippen MR) is 78.9 cm³/mol. The molecule has 0 atom stereocenters. The summed E-state index contributed by atoms with van der Waals surface area (Å²) >= 11 is 3.37. The van der Waals surface area contributed by atoms with E-state index in [1.807, 2.05) is 18.4 Å². The number of halogens is 1. The number of aromatic nitrogens is 2. The molecule has 5 nitrogen and oxygen atoms in total. The SMILES string of the molecule is Cc1ncn(CC(=O)Nc2ccc(N)cc2Br)c1C. The van der Waals surface area contributed by atoms with Gasteiger partial charge < -0.3 is 15.6 Å². The third-order valence-corrected chi connectivity index (χ3v) is 3.58. The molecule has 0 aliphatic carbocycles. The van der Waals surface area contributed by atoms with Crippen molar-refractivity contribution in [3.63, 3.8) is 0 Å². The van der Waals surface area contributed by atoms with Crippen molar-refractivity contribution >= 4 is 33.2 Å². The van der Waals surface area contributed by atoms with E-state index in [1.54, 1.807) is 24.5 Å². The number of carbonyl (C=O) groups excluding carboxylic acids is 1. The van der Waals surface area contributed by atoms with Crippen LogP contribution in [0.4, 0.5) is 11.4 Å². The number of benzene rings is 1. The van der Waals surface area contributed by atoms with Gasteiger partial charge in [0, 0.05) is 15.9 Å². The van der Waals surface area contributed by atoms with Crippen LogP contribution in [0.15, 0.2) is 29.0 Å². The maximum Gasteiger partial charge on any atom is 0.244 e. The first-order chi connectivity index (χ1) is 8.97. The van der Waals surface area contributed by atoms with E-state index in [0.29, 0.717) is 11.4 Å². The van der Waals surface area contributed by atoms with E-state index in [2.05, 4.69) is 26.2 Å². The first-order valence-corrected chi connectivity index (χ1v) is 6.60. The minimum atomic E-state index is -0.106. The first kappa shape index (κ1) is 13.6. The van der Waals surface area contributed by atoms with Gasteiger partial charge in [-0.2, -0.15) is 0 Å². The number of nitrogen functional groups attached to an aromatic ring is 1. The van der Waals surface area contributed by atoms with Crippen molar-refractivity contribution in [2.24, 2.45) is 0 Å². The molecular weight excluding hydrogens is 308 g/mol. The van der Waals surface area contributed by atoms with Gasteiger partial charge in [-0.3, -0.25) is 4.79 Å². The third-order valence-electron chi connectivity index (χ3n) is 2.93. The molecule has 1 aromatic carbocycles. The Bertz CT molecular complexity index is 621. The van der Waals surface area contributed by atoms with Gasteiger partial charge in [-0.05, 0) is 48.0 Å². The zero-order valence-electron chi connectivity index (χ0n) is 10.8. The number of nitrogens with one attached hydrogen (secondary N) is 1. The maximum absolute atomic E-state index is 12.0. The molecule has 19 heavy (non-hydrogen) atoms. The fourth-order valence-corrected chi connectivity index (χ4v) is 2.18. The second-order valence-electron chi connectivity index (χ2n) is 4.33. The normalized spacial score (nSPS) is 10.5. The van der Waals surface area contributed by atoms with E-state index in [0.717, 1.165) is 15.9 Å². The number of imidazole rings is 1. The smallest absolute Gasteiger partial charge is 0.244 e. The lowest BCUT2D eigenvalue weighted by Gasteiger charge is -2.09. The molecular formula is C13H15BrN4O. The van der Waals surface area contributed by atoms with Crippen LogP contribution in [0.2, 0.25) is 0 Å². The van der Waals surface area contributed by atoms with Gasteiger partial charge in [-0.15, -0.1) is 0 Å². The van der Waals surface area contributed by atoms with Gasteiger partial charge in [0.25, 0.3) is 0 Å². The van der Waals surface area contributed by atoms with E-state index < -0.39 is 0 Å². The highest BCUT2D eigenvalue weighted by atomic mass is 79.9. The summed E-state index contributed by atoms with van der Waals surface area (Å²) in [6, 6.07) is 5.26. The number of nitrogens with two attached hydrogens (primary N) is 1. The van der Waals surface area contributed by atoms with Gasteiger partial charge in [0.15, 0.2) is 0 Å². The predicted octanol–water partition coefficient (Wildman–Crippen LogP) is 2.48. The van der Waals surface area contributed by atoms with Crippen molar-refractivity contribution in [3.8, 4) is 0 Å². The minimum Gasteiger partial charge on any atom is -0.399 e. The Morgan fingerprint density at radius 2 is 2.21 bits per heavy atom. The van der Waals surface area contributed by atoms with Crippen LogP contribution in [0, 0.1) is 13.8 Å². The fourth-order valence-electron chi connectivity index (χ4n) is 1.68. The van der Waals surface area contributed by atoms with E-state index in [1.165, 1.54) is 0 Å². The Morgan fingerprint density at radius 3 is 2.79 bits per heavy atom. The number of aryl methyl sites for hydroxylation is 1. The molecule has 0 unspecified atom stereocenters. The molecule has 0 spiro atoms. The average molecular weight is 323 g/mol. The van der Waals surface area contributed by atoms with Crippen LogP contribution >= 0.6 is 15.9 Å². The average Bonchev–Trinajstić information content (AvgIpc) is 2.65. The summed E-state index contributed by atoms with van der Waals surface area (Å²) in [5.74, 6) is -0.106. The van der Waals surface area contributed by atoms with Crippen molar-refractivity contribution in [1.82, 2.24) is 9.55 Å². The van der Waals surface area contributed by atoms with Crippen molar-refractivity contribution < 1.29 is 4.79 Å². The summed E-state index contributed by atoms with van der Waals surface area (Å²) in [6.07, 6.45) is 1.67. The van der Waals surface area contributed by atoms with Gasteiger partial charge >= 0.3 is 0 Å². The van der Waals surface area contributed by atoms with E-state index in [4.69, 9.17) is 5.73 Å². The molecule has 0 fully saturated rings. The molecule has 1 heterocycles. The Kier molecular flexibility index (Phi) is 3.90. The highest BCUT2D eigenvalue weighted by Gasteiger charge is 2.09. The molecule has 2 rings (SSSR count). The molecule has 0 saturated carbocycles. The summed E-state index contributed by atoms with van der Waals surface area (Å²) in [5, 5.41) is 2.83. The first-order valence-electron chi connectivity index (χ1n) is 5.80. The second-order valence-corrected chi connectivity index (χ2v) is 5.19. The molecule has 100 valence electrons. The van der Waals surface area contributed by atoms with Gasteiger partial charge in [-0.25, -0.2) is 4.98 Å². The van der Waals surface area contributed by atoms with Crippen LogP contribution in [0.3, 0.4) is 0 Å². The number of hydrogen-bond donors (Lipinski definition) is 2. The number of amides is 1. The highest BCUT2D eigenvalue weighted by molar-refractivity contribution is 9.10. The number of rotatable bonds is 3. The summed E-state index contributed by atoms with van der Waals surface area (Å²) in [5.41, 5.74) is 8.92. The van der Waals surface area contributed by atoms with Crippen LogP contribution in [-0.4, -0.2) is 15.5 Å². The Hall–Kier alpha value is -1.82. The lowest BCUT2D eigenvalue weighted by Crippen LogP contribution is -2.19. The molecule has 0 bridgehead atoms. The summed E-state index contributed by atoms with van der Waals surface area (Å²) in [6.45, 7) is 4.10. The topological polar surface area (TPSA) is 72.9 Å². The van der Waals surface area contributed by atoms with Crippen molar-refractivity contribution in [3.05, 3.63) is 40.4 Å². The molecule has 0 saturated heterocycles. The standard InChI is InChI=1S/C13H15BrN4O/c1-8-9(2)18(7-16-8)6-13(19)17-12-4-3-10(15)5-11(12)14/h3-5,7H,6,15H2,1-2H3,(H,17,19). The second kappa shape index (κ2) is 5.44. The lowest BCUT2D eigenvalue weighted by atomic mass is 10.3. The molecule has 0 radical (unpaired) electrons. The van der Waals surface area contributed by atoms with E-state index >= 15 is 0 Å². The van der Waals surface area contributed by atoms with Crippen molar-refractivity contribution in [1.29, 1.82) is 0 Å². The van der Waals surface area contributed by atoms with Gasteiger partial charge in [-0.1, -0.05) is 0 Å². The van der Waals surface area contributed by atoms with E-state index in [-0.39, 0.29) is 12.5 Å². The summed E-state index contributed by atoms with van der Waals surface area (Å²) in [7, 11) is 0. The van der Waals surface area contributed by atoms with Crippen LogP contribution in [-0.2, 0) is 11.3 Å². The number of anilines is 2. The van der Waals surface area contributed by atoms with Crippen LogP contribution in [0.25, 0.3) is 0 Å². The number of carbonyl (C=O) groups is 1. The Balaban J connectivity index is 2.07. The zero-order chi connectivity index (χ0) is 14.0. The van der Waals surface area contributed by atoms with Crippen molar-refractivity contribution in [2.45, 2.75) is 20.4 Å². The van der Waals surface area contributed by atoms with Gasteiger partial charge in [0.05, 0.1) is 17.7 Å². The summed E-state index contributed by atoms with van der Waals surface area (Å²) in [4.78, 5) is 16.1. The molecule has 1 amide bonds. The monoisotopic (exact) mass is 322 g/mol. The molecule has 6 heteroatoms. The van der Waals surface area contributed by atoms with E-state index in [9.17, 15) is 4.79 Å². The zero-order valence-corrected chi connectivity index (χ0v) is 12.4. The molecule has 1 aromatic heterocycles. The molecule has 2 aromatic rings. The maximum atomic E-state index is 12.0. The Morgan fingerprint density at radius 1 is 1.47 bits per heavy atom. The minimum absolute atomic E-state index is 0.106. The van der Waals surface area contributed by atoms with Crippen molar-refractivity contribution in [2.75, 3.05) is 11.1 Å². The van der Waals surface area contributed by atoms with Crippen LogP contribution in [0.5, 0.6) is 0 Å². The van der Waals surface area contributed by atoms with Crippen LogP contribution < -0.4 is 11.1 Å². The van der Waals surface area contributed by atoms with Crippen LogP contribution in [0.1, 0.15) is 11.4 Å². The van der Waals surface area contributed by atoms with Gasteiger partial charge in [0.1, 0.15) is 6.54 Å². The highest BCUT2D eigenvalue weighted by Crippen LogP contribution is 2.24.